The van der Waals surface area contributed by atoms with Gasteiger partial charge < -0.3 is 9.84 Å². The highest BCUT2D eigenvalue weighted by Gasteiger charge is 2.59. The molecule has 0 aromatic rings. The van der Waals surface area contributed by atoms with Gasteiger partial charge in [-0.1, -0.05) is 41.5 Å². The number of hydrogen-bond donors (Lipinski definition) is 1. The van der Waals surface area contributed by atoms with Crippen LogP contribution in [0.4, 0.5) is 13.2 Å². The lowest BCUT2D eigenvalue weighted by atomic mass is 9.57. The van der Waals surface area contributed by atoms with Gasteiger partial charge in [0.05, 0.1) is 12.2 Å². The summed E-state index contributed by atoms with van der Waals surface area (Å²) in [5.41, 5.74) is -3.31. The Morgan fingerprint density at radius 2 is 1.32 bits per heavy atom. The Morgan fingerprint density at radius 1 is 0.821 bits per heavy atom. The van der Waals surface area contributed by atoms with E-state index in [2.05, 4.69) is 41.5 Å². The number of alkyl halides is 3. The number of hydrogen-bond acceptors (Lipinski definition) is 2. The van der Waals surface area contributed by atoms with Crippen LogP contribution in [0, 0.1) is 40.4 Å². The second-order valence-corrected chi connectivity index (χ2v) is 12.5. The molecule has 28 heavy (non-hydrogen) atoms. The summed E-state index contributed by atoms with van der Waals surface area (Å²) in [6.45, 7) is 18.6. The summed E-state index contributed by atoms with van der Waals surface area (Å²) >= 11 is 0. The van der Waals surface area contributed by atoms with Crippen LogP contribution in [0.15, 0.2) is 0 Å². The van der Waals surface area contributed by atoms with Crippen molar-refractivity contribution < 1.29 is 23.0 Å². The van der Waals surface area contributed by atoms with Gasteiger partial charge in [0.15, 0.2) is 5.60 Å². The predicted molar refractivity (Wildman–Crippen MR) is 107 cm³/mol. The first-order valence-electron chi connectivity index (χ1n) is 10.7. The topological polar surface area (TPSA) is 29.5 Å². The van der Waals surface area contributed by atoms with Crippen LogP contribution in [0.5, 0.6) is 0 Å². The number of aliphatic hydroxyl groups is 1. The molecule has 2 nitrogen and oxygen atoms in total. The highest BCUT2D eigenvalue weighted by molar-refractivity contribution is 5.07. The van der Waals surface area contributed by atoms with Crippen molar-refractivity contribution in [2.45, 2.75) is 99.0 Å². The van der Waals surface area contributed by atoms with Gasteiger partial charge in [-0.15, -0.1) is 0 Å². The standard InChI is InChI=1S/C23H41F3O2/c1-19(2,3)17-14-10-15(16(11-14)18(17)20(4,5)6)12-28-21(7,8)13-22(9,27)23(24,25)26/h14-18,27H,10-13H2,1-9H3. The zero-order valence-electron chi connectivity index (χ0n) is 19.2. The first-order valence-corrected chi connectivity index (χ1v) is 10.7. The second-order valence-electron chi connectivity index (χ2n) is 12.5. The molecule has 2 aliphatic carbocycles. The van der Waals surface area contributed by atoms with Gasteiger partial charge in [0.1, 0.15) is 0 Å². The van der Waals surface area contributed by atoms with E-state index >= 15 is 0 Å². The first-order chi connectivity index (χ1) is 12.3. The van der Waals surface area contributed by atoms with E-state index < -0.39 is 23.8 Å². The molecule has 0 aromatic heterocycles. The van der Waals surface area contributed by atoms with Crippen molar-refractivity contribution in [3.05, 3.63) is 0 Å². The van der Waals surface area contributed by atoms with Gasteiger partial charge in [-0.3, -0.25) is 0 Å². The quantitative estimate of drug-likeness (QED) is 0.567. The average molecular weight is 407 g/mol. The lowest BCUT2D eigenvalue weighted by Gasteiger charge is -2.49. The van der Waals surface area contributed by atoms with Crippen LogP contribution >= 0.6 is 0 Å². The maximum atomic E-state index is 13.1. The fourth-order valence-corrected chi connectivity index (χ4v) is 6.43. The fourth-order valence-electron chi connectivity index (χ4n) is 6.43. The van der Waals surface area contributed by atoms with E-state index in [9.17, 15) is 18.3 Å². The van der Waals surface area contributed by atoms with Crippen molar-refractivity contribution in [1.29, 1.82) is 0 Å². The molecule has 6 atom stereocenters. The summed E-state index contributed by atoms with van der Waals surface area (Å²) in [5.74, 6) is 2.90. The molecular formula is C23H41F3O2. The third kappa shape index (κ3) is 4.88. The van der Waals surface area contributed by atoms with Crippen LogP contribution in [0.25, 0.3) is 0 Å². The Labute approximate surface area is 169 Å². The summed E-state index contributed by atoms with van der Waals surface area (Å²) < 4.78 is 45.2. The largest absolute Gasteiger partial charge is 0.417 e. The fraction of sp³-hybridized carbons (Fsp3) is 1.00. The lowest BCUT2D eigenvalue weighted by molar-refractivity contribution is -0.269. The molecule has 0 heterocycles. The van der Waals surface area contributed by atoms with Crippen molar-refractivity contribution in [2.75, 3.05) is 6.61 Å². The highest BCUT2D eigenvalue weighted by atomic mass is 19.4. The van der Waals surface area contributed by atoms with Crippen LogP contribution in [-0.4, -0.2) is 29.1 Å². The van der Waals surface area contributed by atoms with Crippen molar-refractivity contribution >= 4 is 0 Å². The molecule has 0 radical (unpaired) electrons. The van der Waals surface area contributed by atoms with Crippen LogP contribution in [-0.2, 0) is 4.74 Å². The smallest absolute Gasteiger partial charge is 0.381 e. The summed E-state index contributed by atoms with van der Waals surface area (Å²) in [6, 6.07) is 0. The van der Waals surface area contributed by atoms with Crippen LogP contribution < -0.4 is 0 Å². The van der Waals surface area contributed by atoms with E-state index in [0.29, 0.717) is 36.2 Å². The highest BCUT2D eigenvalue weighted by Crippen LogP contribution is 2.64. The van der Waals surface area contributed by atoms with E-state index in [4.69, 9.17) is 4.74 Å². The number of fused-ring (bicyclic) bond motifs is 2. The third-order valence-corrected chi connectivity index (χ3v) is 7.21. The van der Waals surface area contributed by atoms with Gasteiger partial charge >= 0.3 is 6.18 Å². The molecule has 0 saturated heterocycles. The Kier molecular flexibility index (Phi) is 6.12. The minimum absolute atomic E-state index is 0.200. The van der Waals surface area contributed by atoms with Gasteiger partial charge in [0.2, 0.25) is 0 Å². The summed E-state index contributed by atoms with van der Waals surface area (Å²) in [4.78, 5) is 0. The SMILES string of the molecule is CC(C)(CC(C)(O)C(F)(F)F)OCC1CC2CC1C(C(C)(C)C)C2C(C)(C)C. The summed E-state index contributed by atoms with van der Waals surface area (Å²) in [5, 5.41) is 9.85. The van der Waals surface area contributed by atoms with Gasteiger partial charge in [-0.2, -0.15) is 13.2 Å². The molecular weight excluding hydrogens is 365 g/mol. The molecule has 2 saturated carbocycles. The average Bonchev–Trinajstić information content (AvgIpc) is 2.98. The van der Waals surface area contributed by atoms with Crippen molar-refractivity contribution in [2.24, 2.45) is 40.4 Å². The normalized spacial score (nSPS) is 34.0. The zero-order chi connectivity index (χ0) is 21.9. The molecule has 5 heteroatoms. The van der Waals surface area contributed by atoms with Crippen molar-refractivity contribution in [3.63, 3.8) is 0 Å². The summed E-state index contributed by atoms with van der Waals surface area (Å²) in [7, 11) is 0. The monoisotopic (exact) mass is 406 g/mol. The third-order valence-electron chi connectivity index (χ3n) is 7.21. The Morgan fingerprint density at radius 3 is 1.75 bits per heavy atom. The van der Waals surface area contributed by atoms with Gasteiger partial charge in [-0.05, 0) is 74.0 Å². The molecule has 0 spiro atoms. The number of rotatable bonds is 5. The minimum Gasteiger partial charge on any atom is -0.381 e. The van der Waals surface area contributed by atoms with Gasteiger partial charge in [0.25, 0.3) is 0 Å². The lowest BCUT2D eigenvalue weighted by Crippen LogP contribution is -2.49. The molecule has 0 aromatic carbocycles. The van der Waals surface area contributed by atoms with E-state index in [-0.39, 0.29) is 10.8 Å². The van der Waals surface area contributed by atoms with Crippen LogP contribution in [0.1, 0.15) is 81.6 Å². The van der Waals surface area contributed by atoms with E-state index in [1.54, 1.807) is 13.8 Å². The molecule has 2 aliphatic rings. The molecule has 2 bridgehead atoms. The molecule has 6 unspecified atom stereocenters. The van der Waals surface area contributed by atoms with Crippen LogP contribution in [0.3, 0.4) is 0 Å². The van der Waals surface area contributed by atoms with Crippen molar-refractivity contribution in [3.8, 4) is 0 Å². The number of ether oxygens (including phenoxy) is 1. The minimum atomic E-state index is -4.66. The Balaban J connectivity index is 2.07. The Hall–Kier alpha value is -0.290. The summed E-state index contributed by atoms with van der Waals surface area (Å²) in [6.07, 6.45) is -2.81. The van der Waals surface area contributed by atoms with Crippen molar-refractivity contribution in [1.82, 2.24) is 0 Å². The Bertz CT molecular complexity index is 552. The molecule has 2 rings (SSSR count). The second kappa shape index (κ2) is 7.14. The van der Waals surface area contributed by atoms with Crippen LogP contribution in [0.2, 0.25) is 0 Å². The van der Waals surface area contributed by atoms with Gasteiger partial charge in [0, 0.05) is 6.42 Å². The molecule has 0 amide bonds. The number of halogens is 3. The predicted octanol–water partition coefficient (Wildman–Crippen LogP) is 6.47. The molecule has 2 fully saturated rings. The molecule has 166 valence electrons. The zero-order valence-corrected chi connectivity index (χ0v) is 19.2. The maximum absolute atomic E-state index is 13.1. The maximum Gasteiger partial charge on any atom is 0.417 e. The first kappa shape index (κ1) is 24.0. The molecule has 0 aliphatic heterocycles. The molecule has 1 N–H and O–H groups in total. The van der Waals surface area contributed by atoms with Gasteiger partial charge in [-0.25, -0.2) is 0 Å². The van der Waals surface area contributed by atoms with E-state index in [0.717, 1.165) is 13.3 Å². The van der Waals surface area contributed by atoms with E-state index in [1.807, 2.05) is 0 Å². The van der Waals surface area contributed by atoms with E-state index in [1.165, 1.54) is 6.42 Å².